The molecule has 6 nitrogen and oxygen atoms in total. The number of amides is 1. The lowest BCUT2D eigenvalue weighted by atomic mass is 9.77. The van der Waals surface area contributed by atoms with E-state index in [0.29, 0.717) is 26.1 Å². The van der Waals surface area contributed by atoms with E-state index >= 15 is 0 Å². The van der Waals surface area contributed by atoms with Crippen LogP contribution in [-0.4, -0.2) is 58.6 Å². The molecule has 38 heavy (non-hydrogen) atoms. The van der Waals surface area contributed by atoms with Crippen molar-refractivity contribution >= 4 is 17.5 Å². The number of carbonyl (C=O) groups is 1. The fourth-order valence-electron chi connectivity index (χ4n) is 5.35. The molecule has 1 aromatic heterocycles. The van der Waals surface area contributed by atoms with Gasteiger partial charge in [0.15, 0.2) is 0 Å². The molecule has 1 aliphatic rings. The fourth-order valence-corrected chi connectivity index (χ4v) is 5.46. The number of hydrogen-bond acceptors (Lipinski definition) is 5. The maximum atomic E-state index is 13.8. The van der Waals surface area contributed by atoms with Crippen LogP contribution < -0.4 is 4.74 Å². The summed E-state index contributed by atoms with van der Waals surface area (Å²) >= 11 is 6.38. The lowest BCUT2D eigenvalue weighted by molar-refractivity contribution is -0.137. The Labute approximate surface area is 231 Å². The Morgan fingerprint density at radius 2 is 1.87 bits per heavy atom. The van der Waals surface area contributed by atoms with Crippen molar-refractivity contribution in [2.24, 2.45) is 5.41 Å². The maximum Gasteiger partial charge on any atom is 0.223 e. The quantitative estimate of drug-likeness (QED) is 0.355. The van der Waals surface area contributed by atoms with Crippen LogP contribution in [0.25, 0.3) is 0 Å². The van der Waals surface area contributed by atoms with E-state index in [0.717, 1.165) is 65.6 Å². The third-order valence-electron chi connectivity index (χ3n) is 7.27. The minimum Gasteiger partial charge on any atom is -0.493 e. The SMILES string of the molecule is Cc1cc(OCC2(CC(=O)N(CCO)Cc3ccccc3)CCCN(Cc3ccccn3)C2)cc(C)c1Cl. The van der Waals surface area contributed by atoms with Gasteiger partial charge in [-0.2, -0.15) is 0 Å². The lowest BCUT2D eigenvalue weighted by Gasteiger charge is -2.43. The molecule has 0 aliphatic carbocycles. The van der Waals surface area contributed by atoms with Crippen molar-refractivity contribution in [1.29, 1.82) is 0 Å². The van der Waals surface area contributed by atoms with Crippen molar-refractivity contribution in [3.8, 4) is 5.75 Å². The molecule has 1 aliphatic heterocycles. The molecule has 2 heterocycles. The van der Waals surface area contributed by atoms with Gasteiger partial charge in [0.2, 0.25) is 5.91 Å². The molecular weight excluding hydrogens is 498 g/mol. The van der Waals surface area contributed by atoms with E-state index in [1.54, 1.807) is 4.90 Å². The summed E-state index contributed by atoms with van der Waals surface area (Å²) in [5.41, 5.74) is 3.65. The molecular formula is C31H38ClN3O3. The summed E-state index contributed by atoms with van der Waals surface area (Å²) in [6.45, 7) is 7.52. The Morgan fingerprint density at radius 1 is 1.13 bits per heavy atom. The van der Waals surface area contributed by atoms with Crippen molar-refractivity contribution in [2.75, 3.05) is 32.8 Å². The van der Waals surface area contributed by atoms with Crippen LogP contribution in [0.4, 0.5) is 0 Å². The van der Waals surface area contributed by atoms with Crippen LogP contribution in [0.2, 0.25) is 5.02 Å². The van der Waals surface area contributed by atoms with E-state index in [1.807, 2.05) is 80.7 Å². The Bertz CT molecular complexity index is 1170. The van der Waals surface area contributed by atoms with Gasteiger partial charge >= 0.3 is 0 Å². The summed E-state index contributed by atoms with van der Waals surface area (Å²) in [6.07, 6.45) is 4.03. The van der Waals surface area contributed by atoms with Gasteiger partial charge in [-0.15, -0.1) is 0 Å². The van der Waals surface area contributed by atoms with Gasteiger partial charge in [0.1, 0.15) is 5.75 Å². The van der Waals surface area contributed by atoms with Gasteiger partial charge in [-0.3, -0.25) is 14.7 Å². The first-order valence-electron chi connectivity index (χ1n) is 13.3. The normalized spacial score (nSPS) is 17.8. The molecule has 2 aromatic carbocycles. The number of benzene rings is 2. The van der Waals surface area contributed by atoms with Crippen LogP contribution in [0.15, 0.2) is 66.9 Å². The maximum absolute atomic E-state index is 13.8. The standard InChI is InChI=1S/C31H38ClN3O3/c1-24-17-28(18-25(2)30(24)32)38-23-31(12-8-14-34(22-31)21-27-11-6-7-13-33-27)19-29(37)35(15-16-36)20-26-9-4-3-5-10-26/h3-7,9-11,13,17-18,36H,8,12,14-16,19-23H2,1-2H3. The molecule has 1 N–H and O–H groups in total. The molecule has 1 atom stereocenters. The monoisotopic (exact) mass is 535 g/mol. The van der Waals surface area contributed by atoms with Crippen LogP contribution >= 0.6 is 11.6 Å². The highest BCUT2D eigenvalue weighted by Crippen LogP contribution is 2.36. The van der Waals surface area contributed by atoms with Crippen LogP contribution in [-0.2, 0) is 17.9 Å². The van der Waals surface area contributed by atoms with Gasteiger partial charge in [-0.1, -0.05) is 48.0 Å². The number of piperidine rings is 1. The fraction of sp³-hybridized carbons (Fsp3) is 0.419. The summed E-state index contributed by atoms with van der Waals surface area (Å²) in [7, 11) is 0. The number of carbonyl (C=O) groups excluding carboxylic acids is 1. The molecule has 0 spiro atoms. The highest BCUT2D eigenvalue weighted by molar-refractivity contribution is 6.32. The zero-order valence-electron chi connectivity index (χ0n) is 22.4. The van der Waals surface area contributed by atoms with Gasteiger partial charge < -0.3 is 14.7 Å². The van der Waals surface area contributed by atoms with E-state index < -0.39 is 0 Å². The van der Waals surface area contributed by atoms with Crippen LogP contribution in [0.3, 0.4) is 0 Å². The summed E-state index contributed by atoms with van der Waals surface area (Å²) in [5.74, 6) is 0.809. The second-order valence-corrected chi connectivity index (χ2v) is 10.9. The molecule has 7 heteroatoms. The average Bonchev–Trinajstić information content (AvgIpc) is 2.91. The highest BCUT2D eigenvalue weighted by Gasteiger charge is 2.39. The summed E-state index contributed by atoms with van der Waals surface area (Å²) in [6, 6.07) is 19.8. The first-order chi connectivity index (χ1) is 18.4. The second kappa shape index (κ2) is 13.2. The number of aliphatic hydroxyl groups is 1. The molecule has 202 valence electrons. The van der Waals surface area contributed by atoms with Gasteiger partial charge in [0.25, 0.3) is 0 Å². The van der Waals surface area contributed by atoms with Crippen molar-refractivity contribution in [1.82, 2.24) is 14.8 Å². The molecule has 1 unspecified atom stereocenters. The number of aromatic nitrogens is 1. The zero-order chi connectivity index (χ0) is 27.0. The molecule has 0 radical (unpaired) electrons. The van der Waals surface area contributed by atoms with E-state index in [-0.39, 0.29) is 17.9 Å². The van der Waals surface area contributed by atoms with E-state index in [4.69, 9.17) is 16.3 Å². The molecule has 1 amide bonds. The smallest absolute Gasteiger partial charge is 0.223 e. The predicted molar refractivity (Wildman–Crippen MR) is 151 cm³/mol. The van der Waals surface area contributed by atoms with E-state index in [1.165, 1.54) is 0 Å². The number of likely N-dealkylation sites (tertiary alicyclic amines) is 1. The van der Waals surface area contributed by atoms with E-state index in [9.17, 15) is 9.90 Å². The summed E-state index contributed by atoms with van der Waals surface area (Å²) in [5, 5.41) is 10.5. The number of rotatable bonds is 11. The number of aryl methyl sites for hydroxylation is 2. The van der Waals surface area contributed by atoms with Crippen molar-refractivity contribution in [3.05, 3.63) is 94.3 Å². The zero-order valence-corrected chi connectivity index (χ0v) is 23.2. The van der Waals surface area contributed by atoms with Crippen LogP contribution in [0, 0.1) is 19.3 Å². The number of ether oxygens (including phenoxy) is 1. The lowest BCUT2D eigenvalue weighted by Crippen LogP contribution is -2.49. The van der Waals surface area contributed by atoms with E-state index in [2.05, 4.69) is 9.88 Å². The molecule has 1 fully saturated rings. The third-order valence-corrected chi connectivity index (χ3v) is 7.87. The van der Waals surface area contributed by atoms with Crippen LogP contribution in [0.5, 0.6) is 5.75 Å². The number of pyridine rings is 1. The average molecular weight is 536 g/mol. The number of halogens is 1. The van der Waals surface area contributed by atoms with Gasteiger partial charge in [-0.05, 0) is 74.2 Å². The molecule has 0 saturated carbocycles. The number of hydrogen-bond donors (Lipinski definition) is 1. The highest BCUT2D eigenvalue weighted by atomic mass is 35.5. The Balaban J connectivity index is 1.55. The number of nitrogens with zero attached hydrogens (tertiary/aromatic N) is 3. The second-order valence-electron chi connectivity index (χ2n) is 10.5. The Kier molecular flexibility index (Phi) is 9.78. The first-order valence-corrected chi connectivity index (χ1v) is 13.7. The van der Waals surface area contributed by atoms with Crippen molar-refractivity contribution in [3.63, 3.8) is 0 Å². The van der Waals surface area contributed by atoms with Gasteiger partial charge in [-0.25, -0.2) is 0 Å². The molecule has 4 rings (SSSR count). The summed E-state index contributed by atoms with van der Waals surface area (Å²) < 4.78 is 6.40. The van der Waals surface area contributed by atoms with Crippen LogP contribution in [0.1, 0.15) is 41.6 Å². The van der Waals surface area contributed by atoms with Crippen molar-refractivity contribution < 1.29 is 14.6 Å². The Morgan fingerprint density at radius 3 is 2.55 bits per heavy atom. The van der Waals surface area contributed by atoms with Crippen molar-refractivity contribution in [2.45, 2.75) is 46.2 Å². The number of aliphatic hydroxyl groups excluding tert-OH is 1. The Hall–Kier alpha value is -2.93. The first kappa shape index (κ1) is 28.1. The third kappa shape index (κ3) is 7.56. The topological polar surface area (TPSA) is 65.9 Å². The minimum atomic E-state index is -0.365. The summed E-state index contributed by atoms with van der Waals surface area (Å²) in [4.78, 5) is 22.4. The largest absolute Gasteiger partial charge is 0.493 e. The molecule has 0 bridgehead atoms. The minimum absolute atomic E-state index is 0.0367. The molecule has 3 aromatic rings. The van der Waals surface area contributed by atoms with Gasteiger partial charge in [0.05, 0.1) is 18.9 Å². The van der Waals surface area contributed by atoms with Gasteiger partial charge in [0, 0.05) is 49.2 Å². The predicted octanol–water partition coefficient (Wildman–Crippen LogP) is 5.42. The molecule has 1 saturated heterocycles.